The lowest BCUT2D eigenvalue weighted by Gasteiger charge is -2.27. The number of nitrogens with one attached hydrogen (secondary N) is 4. The summed E-state index contributed by atoms with van der Waals surface area (Å²) in [5.41, 5.74) is 0.735. The van der Waals surface area contributed by atoms with Gasteiger partial charge in [0.05, 0.1) is 22.1 Å². The summed E-state index contributed by atoms with van der Waals surface area (Å²) < 4.78 is 39.1. The first kappa shape index (κ1) is 20.5. The van der Waals surface area contributed by atoms with Crippen LogP contribution in [0.15, 0.2) is 42.5 Å². The van der Waals surface area contributed by atoms with Crippen molar-refractivity contribution >= 4 is 23.0 Å². The summed E-state index contributed by atoms with van der Waals surface area (Å²) in [6, 6.07) is 10.2. The first-order valence-corrected chi connectivity index (χ1v) is 8.84. The molecular formula is C20H21F3N5O. The molecule has 0 aliphatic heterocycles. The number of fused-ring (bicyclic) bond motifs is 1. The highest BCUT2D eigenvalue weighted by Crippen LogP contribution is 2.33. The molecule has 1 atom stereocenters. The Bertz CT molecular complexity index is 1030. The van der Waals surface area contributed by atoms with Gasteiger partial charge in [0.25, 0.3) is 0 Å². The molecular weight excluding hydrogens is 383 g/mol. The summed E-state index contributed by atoms with van der Waals surface area (Å²) in [6.45, 7) is 5.96. The first-order valence-electron chi connectivity index (χ1n) is 8.84. The summed E-state index contributed by atoms with van der Waals surface area (Å²) in [4.78, 5) is 19.0. The summed E-state index contributed by atoms with van der Waals surface area (Å²) in [5.74, 6) is 0.363. The maximum Gasteiger partial charge on any atom is 0.416 e. The van der Waals surface area contributed by atoms with Crippen molar-refractivity contribution in [1.82, 2.24) is 20.6 Å². The normalized spacial score (nSPS) is 12.1. The molecule has 0 saturated heterocycles. The number of amides is 2. The summed E-state index contributed by atoms with van der Waals surface area (Å²) in [7, 11) is 1.52. The molecule has 153 valence electrons. The van der Waals surface area contributed by atoms with E-state index in [1.165, 1.54) is 13.1 Å². The van der Waals surface area contributed by atoms with Crippen molar-refractivity contribution in [2.45, 2.75) is 25.2 Å². The molecule has 3 rings (SSSR count). The summed E-state index contributed by atoms with van der Waals surface area (Å²) in [5, 5.41) is 8.24. The predicted octanol–water partition coefficient (Wildman–Crippen LogP) is 4.17. The van der Waals surface area contributed by atoms with E-state index in [0.29, 0.717) is 17.0 Å². The van der Waals surface area contributed by atoms with E-state index in [1.807, 2.05) is 18.2 Å². The van der Waals surface area contributed by atoms with Gasteiger partial charge in [-0.3, -0.25) is 0 Å². The molecule has 29 heavy (non-hydrogen) atoms. The van der Waals surface area contributed by atoms with Gasteiger partial charge >= 0.3 is 12.2 Å². The van der Waals surface area contributed by atoms with Crippen molar-refractivity contribution in [3.8, 4) is 0 Å². The molecule has 9 heteroatoms. The minimum absolute atomic E-state index is 0.274. The molecule has 0 bridgehead atoms. The summed E-state index contributed by atoms with van der Waals surface area (Å²) in [6.07, 6.45) is -4.43. The first-order chi connectivity index (χ1) is 13.6. The van der Waals surface area contributed by atoms with Crippen LogP contribution in [0.25, 0.3) is 11.0 Å². The molecule has 0 aliphatic carbocycles. The Hall–Kier alpha value is -3.23. The van der Waals surface area contributed by atoms with Gasteiger partial charge in [0.15, 0.2) is 0 Å². The van der Waals surface area contributed by atoms with Gasteiger partial charge in [0.1, 0.15) is 0 Å². The Kier molecular flexibility index (Phi) is 5.41. The molecule has 0 saturated carbocycles. The molecule has 2 aromatic carbocycles. The molecule has 2 amide bonds. The van der Waals surface area contributed by atoms with Crippen molar-refractivity contribution < 1.29 is 18.0 Å². The Morgan fingerprint density at radius 1 is 1.17 bits per heavy atom. The fraction of sp³-hybridized carbons (Fsp3) is 0.250. The highest BCUT2D eigenvalue weighted by molar-refractivity contribution is 5.82. The van der Waals surface area contributed by atoms with E-state index in [-0.39, 0.29) is 12.6 Å². The van der Waals surface area contributed by atoms with Gasteiger partial charge in [-0.25, -0.2) is 9.78 Å². The fourth-order valence-electron chi connectivity index (χ4n) is 2.93. The second-order valence-electron chi connectivity index (χ2n) is 6.87. The third-order valence-corrected chi connectivity index (χ3v) is 4.48. The van der Waals surface area contributed by atoms with Gasteiger partial charge in [0, 0.05) is 13.6 Å². The number of para-hydroxylation sites is 1. The third kappa shape index (κ3) is 4.61. The van der Waals surface area contributed by atoms with Crippen molar-refractivity contribution in [1.29, 1.82) is 0 Å². The van der Waals surface area contributed by atoms with Crippen LogP contribution in [0, 0.1) is 6.92 Å². The number of carbonyl (C=O) groups excluding carboxylic acids is 1. The number of halogens is 3. The molecule has 1 heterocycles. The number of carbonyl (C=O) groups is 1. The van der Waals surface area contributed by atoms with Gasteiger partial charge in [-0.2, -0.15) is 13.2 Å². The Balaban J connectivity index is 1.87. The predicted molar refractivity (Wildman–Crippen MR) is 105 cm³/mol. The van der Waals surface area contributed by atoms with E-state index in [0.717, 1.165) is 23.2 Å². The minimum atomic E-state index is -4.43. The Morgan fingerprint density at radius 3 is 2.55 bits per heavy atom. The smallest absolute Gasteiger partial charge is 0.347 e. The molecule has 0 aliphatic rings. The molecule has 0 spiro atoms. The van der Waals surface area contributed by atoms with E-state index >= 15 is 0 Å². The number of hydrogen-bond donors (Lipinski definition) is 4. The van der Waals surface area contributed by atoms with Crippen molar-refractivity contribution in [3.63, 3.8) is 0 Å². The maximum absolute atomic E-state index is 13.0. The van der Waals surface area contributed by atoms with Gasteiger partial charge in [-0.1, -0.05) is 24.3 Å². The van der Waals surface area contributed by atoms with Crippen LogP contribution < -0.4 is 16.0 Å². The number of aromatic nitrogens is 2. The molecule has 4 N–H and O–H groups in total. The summed E-state index contributed by atoms with van der Waals surface area (Å²) >= 11 is 0. The highest BCUT2D eigenvalue weighted by atomic mass is 19.4. The van der Waals surface area contributed by atoms with Crippen LogP contribution in [-0.4, -0.2) is 23.0 Å². The second kappa shape index (κ2) is 7.65. The molecule has 1 aromatic heterocycles. The van der Waals surface area contributed by atoms with Crippen LogP contribution in [0.1, 0.15) is 23.6 Å². The van der Waals surface area contributed by atoms with Crippen LogP contribution in [0.4, 0.5) is 23.9 Å². The molecule has 6 nitrogen and oxygen atoms in total. The third-order valence-electron chi connectivity index (χ3n) is 4.48. The van der Waals surface area contributed by atoms with Gasteiger partial charge in [0.2, 0.25) is 5.95 Å². The quantitative estimate of drug-likeness (QED) is 0.515. The van der Waals surface area contributed by atoms with Crippen molar-refractivity contribution in [2.75, 3.05) is 12.4 Å². The zero-order valence-electron chi connectivity index (χ0n) is 15.9. The molecule has 1 radical (unpaired) electrons. The van der Waals surface area contributed by atoms with Crippen LogP contribution >= 0.6 is 0 Å². The number of benzene rings is 2. The number of urea groups is 1. The number of imidazole rings is 1. The zero-order chi connectivity index (χ0) is 21.2. The van der Waals surface area contributed by atoms with Crippen LogP contribution in [0.2, 0.25) is 0 Å². The van der Waals surface area contributed by atoms with Crippen LogP contribution in [0.3, 0.4) is 0 Å². The number of anilines is 1. The number of nitrogens with zero attached hydrogens (tertiary/aromatic N) is 1. The number of aromatic amines is 1. The maximum atomic E-state index is 13.0. The Labute approximate surface area is 165 Å². The molecule has 1 unspecified atom stereocenters. The average molecular weight is 404 g/mol. The van der Waals surface area contributed by atoms with E-state index in [4.69, 9.17) is 0 Å². The number of hydrogen-bond acceptors (Lipinski definition) is 3. The molecule has 3 aromatic rings. The topological polar surface area (TPSA) is 81.8 Å². The van der Waals surface area contributed by atoms with Gasteiger partial charge in [-0.05, 0) is 43.2 Å². The van der Waals surface area contributed by atoms with Crippen LogP contribution in [0.5, 0.6) is 0 Å². The fourth-order valence-corrected chi connectivity index (χ4v) is 2.93. The molecule has 0 fully saturated rings. The van der Waals surface area contributed by atoms with E-state index in [9.17, 15) is 18.0 Å². The monoisotopic (exact) mass is 404 g/mol. The van der Waals surface area contributed by atoms with Gasteiger partial charge in [-0.15, -0.1) is 0 Å². The lowest BCUT2D eigenvalue weighted by molar-refractivity contribution is -0.137. The highest BCUT2D eigenvalue weighted by Gasteiger charge is 2.32. The standard InChI is InChI=1S/C20H21F3N5O/c1-19(2,13-7-5-8-14(10-13)20(21,22)23)28-17-26-15-9-4-6-12(16(15)27-17)11-25-18(29)24-3/h4-10H,1,11H2,2-3H3,(H2,24,25,29)(H2,26,27,28). The van der Waals surface area contributed by atoms with E-state index < -0.39 is 17.3 Å². The average Bonchev–Trinajstić information content (AvgIpc) is 3.07. The number of H-pyrrole nitrogens is 1. The lowest BCUT2D eigenvalue weighted by Crippen LogP contribution is -2.32. The second-order valence-corrected chi connectivity index (χ2v) is 6.87. The van der Waals surface area contributed by atoms with Crippen LogP contribution in [-0.2, 0) is 18.3 Å². The SMILES string of the molecule is [CH2]C(C)(Nc1nc2c(CNC(=O)NC)cccc2[nH]1)c1cccc(C(F)(F)F)c1. The number of rotatable bonds is 5. The van der Waals surface area contributed by atoms with Gasteiger partial charge < -0.3 is 20.9 Å². The van der Waals surface area contributed by atoms with Crippen molar-refractivity contribution in [2.24, 2.45) is 0 Å². The number of alkyl halides is 3. The van der Waals surface area contributed by atoms with E-state index in [2.05, 4.69) is 32.8 Å². The largest absolute Gasteiger partial charge is 0.416 e. The van der Waals surface area contributed by atoms with E-state index in [1.54, 1.807) is 13.0 Å². The lowest BCUT2D eigenvalue weighted by atomic mass is 9.93. The Morgan fingerprint density at radius 2 is 1.86 bits per heavy atom. The zero-order valence-corrected chi connectivity index (χ0v) is 15.9. The minimum Gasteiger partial charge on any atom is -0.347 e. The van der Waals surface area contributed by atoms with Crippen molar-refractivity contribution in [3.05, 3.63) is 66.1 Å².